The third-order valence-electron chi connectivity index (χ3n) is 2.90. The second-order valence-corrected chi connectivity index (χ2v) is 3.78. The van der Waals surface area contributed by atoms with Crippen LogP contribution >= 0.6 is 0 Å². The molecular formula is C11H26N2O. The molecule has 0 radical (unpaired) electrons. The maximum atomic E-state index is 5.66. The van der Waals surface area contributed by atoms with Crippen LogP contribution in [0.1, 0.15) is 27.7 Å². The Morgan fingerprint density at radius 1 is 1.29 bits per heavy atom. The Morgan fingerprint density at radius 3 is 2.36 bits per heavy atom. The molecule has 0 fully saturated rings. The van der Waals surface area contributed by atoms with Crippen LogP contribution in [0.5, 0.6) is 0 Å². The van der Waals surface area contributed by atoms with Crippen molar-refractivity contribution in [3.63, 3.8) is 0 Å². The Kier molecular flexibility index (Phi) is 8.14. The Labute approximate surface area is 88.6 Å². The van der Waals surface area contributed by atoms with Gasteiger partial charge in [-0.2, -0.15) is 0 Å². The molecule has 86 valence electrons. The van der Waals surface area contributed by atoms with E-state index in [1.54, 1.807) is 0 Å². The summed E-state index contributed by atoms with van der Waals surface area (Å²) in [4.78, 5) is 2.42. The summed E-state index contributed by atoms with van der Waals surface area (Å²) in [6.45, 7) is 13.1. The summed E-state index contributed by atoms with van der Waals surface area (Å²) in [5.74, 6) is 0.552. The molecule has 0 amide bonds. The first kappa shape index (κ1) is 13.9. The molecule has 0 aliphatic rings. The monoisotopic (exact) mass is 202 g/mol. The van der Waals surface area contributed by atoms with Crippen molar-refractivity contribution in [3.8, 4) is 0 Å². The van der Waals surface area contributed by atoms with Gasteiger partial charge in [0, 0.05) is 19.2 Å². The van der Waals surface area contributed by atoms with Crippen molar-refractivity contribution >= 4 is 0 Å². The average molecular weight is 202 g/mol. The SMILES string of the molecule is CCOCCN(CC)C(C)C(C)CN. The Balaban J connectivity index is 3.85. The minimum absolute atomic E-state index is 0.547. The quantitative estimate of drug-likeness (QED) is 0.603. The third-order valence-corrected chi connectivity index (χ3v) is 2.90. The van der Waals surface area contributed by atoms with E-state index in [9.17, 15) is 0 Å². The first-order valence-corrected chi connectivity index (χ1v) is 5.69. The molecule has 14 heavy (non-hydrogen) atoms. The number of rotatable bonds is 8. The van der Waals surface area contributed by atoms with Crippen molar-refractivity contribution in [2.24, 2.45) is 11.7 Å². The molecule has 0 heterocycles. The molecule has 0 aromatic rings. The summed E-state index contributed by atoms with van der Waals surface area (Å²) < 4.78 is 5.36. The van der Waals surface area contributed by atoms with E-state index in [0.717, 1.165) is 32.8 Å². The highest BCUT2D eigenvalue weighted by Gasteiger charge is 2.16. The molecule has 0 bridgehead atoms. The lowest BCUT2D eigenvalue weighted by atomic mass is 10.0. The van der Waals surface area contributed by atoms with Crippen molar-refractivity contribution < 1.29 is 4.74 Å². The number of likely N-dealkylation sites (N-methyl/N-ethyl adjacent to an activating group) is 1. The second-order valence-electron chi connectivity index (χ2n) is 3.78. The highest BCUT2D eigenvalue weighted by molar-refractivity contribution is 4.72. The summed E-state index contributed by atoms with van der Waals surface area (Å²) in [6, 6.07) is 0.547. The smallest absolute Gasteiger partial charge is 0.0593 e. The molecule has 0 aliphatic carbocycles. The van der Waals surface area contributed by atoms with Gasteiger partial charge in [0.05, 0.1) is 6.61 Å². The standard InChI is InChI=1S/C11H26N2O/c1-5-13(7-8-14-6-2)11(4)10(3)9-12/h10-11H,5-9,12H2,1-4H3. The van der Waals surface area contributed by atoms with Gasteiger partial charge in [-0.25, -0.2) is 0 Å². The highest BCUT2D eigenvalue weighted by atomic mass is 16.5. The summed E-state index contributed by atoms with van der Waals surface area (Å²) >= 11 is 0. The molecule has 2 unspecified atom stereocenters. The summed E-state index contributed by atoms with van der Waals surface area (Å²) in [6.07, 6.45) is 0. The predicted octanol–water partition coefficient (Wildman–Crippen LogP) is 1.33. The van der Waals surface area contributed by atoms with Gasteiger partial charge in [0.15, 0.2) is 0 Å². The van der Waals surface area contributed by atoms with Crippen LogP contribution < -0.4 is 5.73 Å². The van der Waals surface area contributed by atoms with Crippen molar-refractivity contribution in [3.05, 3.63) is 0 Å². The molecule has 0 aromatic heterocycles. The number of ether oxygens (including phenoxy) is 1. The highest BCUT2D eigenvalue weighted by Crippen LogP contribution is 2.08. The van der Waals surface area contributed by atoms with E-state index < -0.39 is 0 Å². The van der Waals surface area contributed by atoms with Crippen LogP contribution in [0.3, 0.4) is 0 Å². The fraction of sp³-hybridized carbons (Fsp3) is 1.00. The van der Waals surface area contributed by atoms with Crippen molar-refractivity contribution in [2.45, 2.75) is 33.7 Å². The molecule has 2 N–H and O–H groups in total. The van der Waals surface area contributed by atoms with Crippen LogP contribution in [0.15, 0.2) is 0 Å². The molecule has 0 aliphatic heterocycles. The first-order valence-electron chi connectivity index (χ1n) is 5.69. The fourth-order valence-corrected chi connectivity index (χ4v) is 1.53. The minimum atomic E-state index is 0.547. The topological polar surface area (TPSA) is 38.5 Å². The van der Waals surface area contributed by atoms with Crippen LogP contribution in [0.25, 0.3) is 0 Å². The van der Waals surface area contributed by atoms with Gasteiger partial charge in [-0.05, 0) is 32.9 Å². The van der Waals surface area contributed by atoms with E-state index in [-0.39, 0.29) is 0 Å². The zero-order valence-electron chi connectivity index (χ0n) is 10.1. The maximum Gasteiger partial charge on any atom is 0.0593 e. The van der Waals surface area contributed by atoms with Crippen molar-refractivity contribution in [1.82, 2.24) is 4.90 Å². The zero-order chi connectivity index (χ0) is 11.0. The number of nitrogens with two attached hydrogens (primary N) is 1. The molecule has 0 saturated heterocycles. The van der Waals surface area contributed by atoms with E-state index in [4.69, 9.17) is 10.5 Å². The Morgan fingerprint density at radius 2 is 1.93 bits per heavy atom. The zero-order valence-corrected chi connectivity index (χ0v) is 10.1. The van der Waals surface area contributed by atoms with Gasteiger partial charge < -0.3 is 10.5 Å². The summed E-state index contributed by atoms with van der Waals surface area (Å²) in [5.41, 5.74) is 5.66. The van der Waals surface area contributed by atoms with Crippen LogP contribution in [0.4, 0.5) is 0 Å². The largest absolute Gasteiger partial charge is 0.380 e. The lowest BCUT2D eigenvalue weighted by Gasteiger charge is -2.31. The van der Waals surface area contributed by atoms with Gasteiger partial charge in [0.2, 0.25) is 0 Å². The van der Waals surface area contributed by atoms with Crippen LogP contribution in [-0.4, -0.2) is 43.8 Å². The van der Waals surface area contributed by atoms with E-state index in [1.807, 2.05) is 6.92 Å². The lowest BCUT2D eigenvalue weighted by molar-refractivity contribution is 0.0878. The van der Waals surface area contributed by atoms with Crippen LogP contribution in [-0.2, 0) is 4.74 Å². The molecule has 0 aromatic carbocycles. The summed E-state index contributed by atoms with van der Waals surface area (Å²) in [7, 11) is 0. The van der Waals surface area contributed by atoms with E-state index in [2.05, 4.69) is 25.7 Å². The van der Waals surface area contributed by atoms with Crippen molar-refractivity contribution in [1.29, 1.82) is 0 Å². The van der Waals surface area contributed by atoms with E-state index in [0.29, 0.717) is 12.0 Å². The minimum Gasteiger partial charge on any atom is -0.380 e. The molecule has 0 saturated carbocycles. The predicted molar refractivity (Wildman–Crippen MR) is 61.4 cm³/mol. The molecule has 3 heteroatoms. The normalized spacial score (nSPS) is 15.9. The number of hydrogen-bond donors (Lipinski definition) is 1. The average Bonchev–Trinajstić information content (AvgIpc) is 2.22. The molecule has 0 rings (SSSR count). The number of nitrogens with zero attached hydrogens (tertiary/aromatic N) is 1. The second kappa shape index (κ2) is 8.21. The molecular weight excluding hydrogens is 176 g/mol. The van der Waals surface area contributed by atoms with Crippen molar-refractivity contribution in [2.75, 3.05) is 32.8 Å². The fourth-order valence-electron chi connectivity index (χ4n) is 1.53. The molecule has 2 atom stereocenters. The summed E-state index contributed by atoms with van der Waals surface area (Å²) in [5, 5.41) is 0. The Bertz CT molecular complexity index is 130. The van der Waals surface area contributed by atoms with E-state index >= 15 is 0 Å². The molecule has 3 nitrogen and oxygen atoms in total. The van der Waals surface area contributed by atoms with E-state index in [1.165, 1.54) is 0 Å². The molecule has 0 spiro atoms. The van der Waals surface area contributed by atoms with Gasteiger partial charge >= 0.3 is 0 Å². The van der Waals surface area contributed by atoms with Crippen LogP contribution in [0.2, 0.25) is 0 Å². The number of hydrogen-bond acceptors (Lipinski definition) is 3. The third kappa shape index (κ3) is 4.94. The maximum absolute atomic E-state index is 5.66. The first-order chi connectivity index (χ1) is 6.67. The van der Waals surface area contributed by atoms with Gasteiger partial charge in [-0.15, -0.1) is 0 Å². The van der Waals surface area contributed by atoms with Gasteiger partial charge in [-0.3, -0.25) is 4.90 Å². The van der Waals surface area contributed by atoms with Gasteiger partial charge in [0.25, 0.3) is 0 Å². The van der Waals surface area contributed by atoms with Gasteiger partial charge in [-0.1, -0.05) is 13.8 Å². The Hall–Kier alpha value is -0.120. The van der Waals surface area contributed by atoms with Gasteiger partial charge in [0.1, 0.15) is 0 Å². The lowest BCUT2D eigenvalue weighted by Crippen LogP contribution is -2.41. The van der Waals surface area contributed by atoms with Crippen LogP contribution in [0, 0.1) is 5.92 Å².